The molecule has 2 aliphatic rings. The molecule has 0 N–H and O–H groups in total. The minimum Gasteiger partial charge on any atom is -0.371 e. The first-order valence-electron chi connectivity index (χ1n) is 7.76. The molecule has 104 valence electrons. The third-order valence-corrected chi connectivity index (χ3v) is 5.02. The summed E-state index contributed by atoms with van der Waals surface area (Å²) >= 11 is 0. The average Bonchev–Trinajstić information content (AvgIpc) is 2.37. The Morgan fingerprint density at radius 3 is 2.26 bits per heavy atom. The van der Waals surface area contributed by atoms with Crippen molar-refractivity contribution in [2.24, 2.45) is 0 Å². The van der Waals surface area contributed by atoms with E-state index < -0.39 is 0 Å². The van der Waals surface area contributed by atoms with Gasteiger partial charge in [0.15, 0.2) is 0 Å². The summed E-state index contributed by atoms with van der Waals surface area (Å²) in [6, 6.07) is 9.88. The lowest BCUT2D eigenvalue weighted by molar-refractivity contribution is 0.249. The molecular formula is C17H26N2. The van der Waals surface area contributed by atoms with E-state index in [9.17, 15) is 0 Å². The molecule has 3 rings (SSSR count). The number of hydrogen-bond donors (Lipinski definition) is 0. The van der Waals surface area contributed by atoms with Crippen molar-refractivity contribution in [2.75, 3.05) is 32.1 Å². The van der Waals surface area contributed by atoms with Crippen molar-refractivity contribution < 1.29 is 0 Å². The fraction of sp³-hybridized carbons (Fsp3) is 0.647. The molecule has 2 heteroatoms. The standard InChI is InChI=1S/C17H26N2/c1-18(2)15-10-12-19(13-11-15)17-9-4-3-8-16(17)14-6-5-7-14/h3-4,8-9,14-15H,5-7,10-13H2,1-2H3. The van der Waals surface area contributed by atoms with Gasteiger partial charge in [0.1, 0.15) is 0 Å². The maximum Gasteiger partial charge on any atom is 0.0401 e. The average molecular weight is 258 g/mol. The van der Waals surface area contributed by atoms with Gasteiger partial charge in [-0.25, -0.2) is 0 Å². The molecule has 0 bridgehead atoms. The summed E-state index contributed by atoms with van der Waals surface area (Å²) < 4.78 is 0. The Morgan fingerprint density at radius 2 is 1.68 bits per heavy atom. The molecule has 0 spiro atoms. The van der Waals surface area contributed by atoms with Gasteiger partial charge in [-0.3, -0.25) is 0 Å². The highest BCUT2D eigenvalue weighted by Gasteiger charge is 2.26. The molecule has 1 saturated carbocycles. The predicted octanol–water partition coefficient (Wildman–Crippen LogP) is 3.48. The molecule has 0 radical (unpaired) electrons. The molecule has 1 aliphatic carbocycles. The van der Waals surface area contributed by atoms with Gasteiger partial charge in [0, 0.05) is 24.8 Å². The second kappa shape index (κ2) is 5.54. The van der Waals surface area contributed by atoms with Crippen molar-refractivity contribution in [3.05, 3.63) is 29.8 Å². The summed E-state index contributed by atoms with van der Waals surface area (Å²) in [5.74, 6) is 0.836. The minimum absolute atomic E-state index is 0.770. The van der Waals surface area contributed by atoms with Crippen LogP contribution in [0.4, 0.5) is 5.69 Å². The Bertz CT molecular complexity index is 415. The summed E-state index contributed by atoms with van der Waals surface area (Å²) in [6.45, 7) is 2.43. The monoisotopic (exact) mass is 258 g/mol. The molecule has 2 nitrogen and oxygen atoms in total. The van der Waals surface area contributed by atoms with Gasteiger partial charge in [-0.1, -0.05) is 24.6 Å². The van der Waals surface area contributed by atoms with Crippen molar-refractivity contribution >= 4 is 5.69 Å². The van der Waals surface area contributed by atoms with Gasteiger partial charge in [-0.2, -0.15) is 0 Å². The van der Waals surface area contributed by atoms with E-state index in [-0.39, 0.29) is 0 Å². The van der Waals surface area contributed by atoms with E-state index in [0.29, 0.717) is 0 Å². The Kier molecular flexibility index (Phi) is 3.79. The molecule has 0 amide bonds. The van der Waals surface area contributed by atoms with Gasteiger partial charge >= 0.3 is 0 Å². The first kappa shape index (κ1) is 13.0. The Hall–Kier alpha value is -1.02. The lowest BCUT2D eigenvalue weighted by Crippen LogP contribution is -2.42. The van der Waals surface area contributed by atoms with Gasteiger partial charge in [-0.15, -0.1) is 0 Å². The molecule has 0 aromatic heterocycles. The van der Waals surface area contributed by atoms with Gasteiger partial charge in [0.25, 0.3) is 0 Å². The smallest absolute Gasteiger partial charge is 0.0401 e. The quantitative estimate of drug-likeness (QED) is 0.819. The molecule has 2 fully saturated rings. The van der Waals surface area contributed by atoms with Gasteiger partial charge in [-0.05, 0) is 57.3 Å². The highest BCUT2D eigenvalue weighted by molar-refractivity contribution is 5.56. The van der Waals surface area contributed by atoms with E-state index in [1.165, 1.54) is 50.9 Å². The van der Waals surface area contributed by atoms with Gasteiger partial charge in [0.05, 0.1) is 0 Å². The van der Waals surface area contributed by atoms with Crippen LogP contribution >= 0.6 is 0 Å². The lowest BCUT2D eigenvalue weighted by Gasteiger charge is -2.39. The third-order valence-electron chi connectivity index (χ3n) is 5.02. The van der Waals surface area contributed by atoms with Gasteiger partial charge in [0.2, 0.25) is 0 Å². The number of benzene rings is 1. The lowest BCUT2D eigenvalue weighted by atomic mass is 9.79. The van der Waals surface area contributed by atoms with Crippen molar-refractivity contribution in [1.29, 1.82) is 0 Å². The van der Waals surface area contributed by atoms with E-state index in [1.54, 1.807) is 5.56 Å². The SMILES string of the molecule is CN(C)C1CCN(c2ccccc2C2CCC2)CC1. The van der Waals surface area contributed by atoms with Crippen LogP contribution < -0.4 is 4.90 Å². The summed E-state index contributed by atoms with van der Waals surface area (Å²) in [7, 11) is 4.42. The minimum atomic E-state index is 0.770. The summed E-state index contributed by atoms with van der Waals surface area (Å²) in [4.78, 5) is 5.00. The zero-order valence-electron chi connectivity index (χ0n) is 12.3. The van der Waals surface area contributed by atoms with Crippen LogP contribution in [-0.2, 0) is 0 Å². The van der Waals surface area contributed by atoms with Crippen LogP contribution in [0, 0.1) is 0 Å². The molecule has 0 unspecified atom stereocenters. The van der Waals surface area contributed by atoms with Gasteiger partial charge < -0.3 is 9.80 Å². The van der Waals surface area contributed by atoms with Crippen molar-refractivity contribution in [3.8, 4) is 0 Å². The first-order valence-corrected chi connectivity index (χ1v) is 7.76. The largest absolute Gasteiger partial charge is 0.371 e. The highest BCUT2D eigenvalue weighted by Crippen LogP contribution is 2.41. The Morgan fingerprint density at radius 1 is 1.00 bits per heavy atom. The number of hydrogen-bond acceptors (Lipinski definition) is 2. The summed E-state index contributed by atoms with van der Waals surface area (Å²) in [5.41, 5.74) is 3.13. The Balaban J connectivity index is 1.72. The molecule has 1 aliphatic heterocycles. The van der Waals surface area contributed by atoms with E-state index in [2.05, 4.69) is 48.2 Å². The molecule has 1 heterocycles. The first-order chi connectivity index (χ1) is 9.25. The number of para-hydroxylation sites is 1. The zero-order valence-corrected chi connectivity index (χ0v) is 12.3. The topological polar surface area (TPSA) is 6.48 Å². The van der Waals surface area contributed by atoms with Crippen LogP contribution in [0.15, 0.2) is 24.3 Å². The van der Waals surface area contributed by atoms with E-state index >= 15 is 0 Å². The molecule has 1 aromatic carbocycles. The number of rotatable bonds is 3. The predicted molar refractivity (Wildman–Crippen MR) is 82.0 cm³/mol. The van der Waals surface area contributed by atoms with Crippen molar-refractivity contribution in [2.45, 2.75) is 44.1 Å². The van der Waals surface area contributed by atoms with Crippen LogP contribution in [0.25, 0.3) is 0 Å². The second-order valence-corrected chi connectivity index (χ2v) is 6.37. The fourth-order valence-electron chi connectivity index (χ4n) is 3.46. The number of anilines is 1. The van der Waals surface area contributed by atoms with E-state index in [1.807, 2.05) is 0 Å². The molecule has 1 aromatic rings. The summed E-state index contributed by atoms with van der Waals surface area (Å²) in [5, 5.41) is 0. The van der Waals surface area contributed by atoms with Crippen LogP contribution in [0.5, 0.6) is 0 Å². The maximum absolute atomic E-state index is 2.62. The maximum atomic E-state index is 2.62. The van der Waals surface area contributed by atoms with Crippen molar-refractivity contribution in [3.63, 3.8) is 0 Å². The zero-order chi connectivity index (χ0) is 13.2. The molecule has 1 saturated heterocycles. The van der Waals surface area contributed by atoms with Crippen LogP contribution in [0.1, 0.15) is 43.6 Å². The third kappa shape index (κ3) is 2.64. The van der Waals surface area contributed by atoms with Crippen molar-refractivity contribution in [1.82, 2.24) is 4.90 Å². The summed E-state index contributed by atoms with van der Waals surface area (Å²) in [6.07, 6.45) is 6.80. The molecular weight excluding hydrogens is 232 g/mol. The normalized spacial score (nSPS) is 21.7. The van der Waals surface area contributed by atoms with E-state index in [4.69, 9.17) is 0 Å². The van der Waals surface area contributed by atoms with E-state index in [0.717, 1.165) is 12.0 Å². The molecule has 0 atom stereocenters. The van der Waals surface area contributed by atoms with Crippen LogP contribution in [-0.4, -0.2) is 38.1 Å². The van der Waals surface area contributed by atoms with Crippen LogP contribution in [0.3, 0.4) is 0 Å². The number of nitrogens with zero attached hydrogens (tertiary/aromatic N) is 2. The van der Waals surface area contributed by atoms with Crippen LogP contribution in [0.2, 0.25) is 0 Å². The fourth-order valence-corrected chi connectivity index (χ4v) is 3.46. The second-order valence-electron chi connectivity index (χ2n) is 6.37. The Labute approximate surface area is 117 Å². The number of piperidine rings is 1. The molecule has 19 heavy (non-hydrogen) atoms. The highest BCUT2D eigenvalue weighted by atomic mass is 15.2.